The summed E-state index contributed by atoms with van der Waals surface area (Å²) in [6.45, 7) is 1.47. The van der Waals surface area contributed by atoms with Crippen LogP contribution >= 0.6 is 23.2 Å². The van der Waals surface area contributed by atoms with E-state index in [1.54, 1.807) is 30.3 Å². The summed E-state index contributed by atoms with van der Waals surface area (Å²) < 4.78 is 31.0. The molecule has 0 spiro atoms. The van der Waals surface area contributed by atoms with Crippen LogP contribution in [0, 0.1) is 0 Å². The molecule has 26 heavy (non-hydrogen) atoms. The highest BCUT2D eigenvalue weighted by Gasteiger charge is 2.31. The van der Waals surface area contributed by atoms with Crippen molar-refractivity contribution < 1.29 is 17.9 Å². The lowest BCUT2D eigenvalue weighted by atomic mass is 10.2. The van der Waals surface area contributed by atoms with E-state index in [2.05, 4.69) is 5.32 Å². The van der Waals surface area contributed by atoms with Gasteiger partial charge in [-0.25, -0.2) is 8.42 Å². The Balaban J connectivity index is 2.43. The standard InChI is InChI=1S/C17H18Cl2N2O4S/c1-11(17(22)20-14-7-5-4-6-13(14)19)21(26(3,23)24)15-10-12(18)8-9-16(15)25-2/h4-11H,1-3H3,(H,20,22)/t11-/m0/s1. The van der Waals surface area contributed by atoms with Gasteiger partial charge in [0.05, 0.1) is 29.8 Å². The van der Waals surface area contributed by atoms with Gasteiger partial charge in [-0.05, 0) is 37.3 Å². The molecule has 140 valence electrons. The third-order valence-electron chi connectivity index (χ3n) is 3.60. The first-order chi connectivity index (χ1) is 12.1. The highest BCUT2D eigenvalue weighted by molar-refractivity contribution is 7.92. The van der Waals surface area contributed by atoms with Crippen LogP contribution in [0.2, 0.25) is 10.0 Å². The van der Waals surface area contributed by atoms with Crippen molar-refractivity contribution in [1.29, 1.82) is 0 Å². The Bertz CT molecular complexity index is 919. The van der Waals surface area contributed by atoms with Crippen LogP contribution in [0.1, 0.15) is 6.92 Å². The third-order valence-corrected chi connectivity index (χ3v) is 5.39. The zero-order chi connectivity index (χ0) is 19.5. The summed E-state index contributed by atoms with van der Waals surface area (Å²) in [6, 6.07) is 10.1. The first-order valence-electron chi connectivity index (χ1n) is 7.53. The van der Waals surface area contributed by atoms with Crippen LogP contribution in [0.4, 0.5) is 11.4 Å². The number of nitrogens with one attached hydrogen (secondary N) is 1. The number of carbonyl (C=O) groups is 1. The Hall–Kier alpha value is -1.96. The number of para-hydroxylation sites is 1. The molecular weight excluding hydrogens is 399 g/mol. The number of sulfonamides is 1. The van der Waals surface area contributed by atoms with Crippen LogP contribution in [0.3, 0.4) is 0 Å². The Morgan fingerprint density at radius 2 is 1.85 bits per heavy atom. The molecule has 1 N–H and O–H groups in total. The lowest BCUT2D eigenvalue weighted by molar-refractivity contribution is -0.116. The Morgan fingerprint density at radius 1 is 1.19 bits per heavy atom. The number of nitrogens with zero attached hydrogens (tertiary/aromatic N) is 1. The van der Waals surface area contributed by atoms with Crippen LogP contribution in [0.5, 0.6) is 5.75 Å². The molecule has 0 fully saturated rings. The molecule has 1 amide bonds. The smallest absolute Gasteiger partial charge is 0.248 e. The molecule has 2 aromatic carbocycles. The third kappa shape index (κ3) is 4.60. The molecular formula is C17H18Cl2N2O4S. The van der Waals surface area contributed by atoms with Crippen molar-refractivity contribution in [2.75, 3.05) is 23.0 Å². The van der Waals surface area contributed by atoms with Crippen molar-refractivity contribution in [2.45, 2.75) is 13.0 Å². The van der Waals surface area contributed by atoms with E-state index in [4.69, 9.17) is 27.9 Å². The summed E-state index contributed by atoms with van der Waals surface area (Å²) in [5.74, 6) is -0.275. The number of halogens is 2. The fourth-order valence-corrected chi connectivity index (χ4v) is 3.94. The number of ether oxygens (including phenoxy) is 1. The Morgan fingerprint density at radius 3 is 2.42 bits per heavy atom. The molecule has 2 aromatic rings. The van der Waals surface area contributed by atoms with Crippen molar-refractivity contribution in [3.8, 4) is 5.75 Å². The number of hydrogen-bond donors (Lipinski definition) is 1. The average molecular weight is 417 g/mol. The summed E-state index contributed by atoms with van der Waals surface area (Å²) >= 11 is 12.1. The zero-order valence-corrected chi connectivity index (χ0v) is 16.7. The topological polar surface area (TPSA) is 75.7 Å². The van der Waals surface area contributed by atoms with Crippen molar-refractivity contribution in [3.05, 3.63) is 52.5 Å². The summed E-state index contributed by atoms with van der Waals surface area (Å²) in [5, 5.41) is 3.29. The molecule has 0 aliphatic rings. The van der Waals surface area contributed by atoms with Gasteiger partial charge in [-0.3, -0.25) is 9.10 Å². The summed E-state index contributed by atoms with van der Waals surface area (Å²) in [4.78, 5) is 12.7. The maximum Gasteiger partial charge on any atom is 0.248 e. The summed E-state index contributed by atoms with van der Waals surface area (Å²) in [6.07, 6.45) is 1.01. The molecule has 0 aromatic heterocycles. The minimum absolute atomic E-state index is 0.171. The molecule has 0 unspecified atom stereocenters. The van der Waals surface area contributed by atoms with E-state index in [0.29, 0.717) is 15.7 Å². The van der Waals surface area contributed by atoms with Crippen LogP contribution < -0.4 is 14.4 Å². The van der Waals surface area contributed by atoms with Gasteiger partial charge in [0.15, 0.2) is 0 Å². The monoisotopic (exact) mass is 416 g/mol. The highest BCUT2D eigenvalue weighted by atomic mass is 35.5. The van der Waals surface area contributed by atoms with E-state index in [9.17, 15) is 13.2 Å². The number of amides is 1. The minimum atomic E-state index is -3.81. The summed E-state index contributed by atoms with van der Waals surface area (Å²) in [5.41, 5.74) is 0.557. The number of methoxy groups -OCH3 is 1. The van der Waals surface area contributed by atoms with Crippen molar-refractivity contribution in [3.63, 3.8) is 0 Å². The van der Waals surface area contributed by atoms with Gasteiger partial charge in [-0.1, -0.05) is 35.3 Å². The fourth-order valence-electron chi connectivity index (χ4n) is 2.42. The van der Waals surface area contributed by atoms with Gasteiger partial charge < -0.3 is 10.1 Å². The Kier molecular flexibility index (Phi) is 6.39. The first kappa shape index (κ1) is 20.4. The van der Waals surface area contributed by atoms with Crippen molar-refractivity contribution >= 4 is 50.5 Å². The number of benzene rings is 2. The van der Waals surface area contributed by atoms with Crippen LogP contribution in [0.15, 0.2) is 42.5 Å². The number of carbonyl (C=O) groups excluding carboxylic acids is 1. The molecule has 2 rings (SSSR count). The van der Waals surface area contributed by atoms with Gasteiger partial charge in [-0.2, -0.15) is 0 Å². The van der Waals surface area contributed by atoms with Gasteiger partial charge in [0.25, 0.3) is 0 Å². The molecule has 6 nitrogen and oxygen atoms in total. The second-order valence-electron chi connectivity index (χ2n) is 5.52. The van der Waals surface area contributed by atoms with Gasteiger partial charge in [-0.15, -0.1) is 0 Å². The molecule has 1 atom stereocenters. The van der Waals surface area contributed by atoms with E-state index in [1.807, 2.05) is 0 Å². The fraction of sp³-hybridized carbons (Fsp3) is 0.235. The predicted molar refractivity (Wildman–Crippen MR) is 105 cm³/mol. The highest BCUT2D eigenvalue weighted by Crippen LogP contribution is 2.34. The quantitative estimate of drug-likeness (QED) is 0.776. The maximum absolute atomic E-state index is 12.7. The molecule has 0 saturated heterocycles. The van der Waals surface area contributed by atoms with E-state index in [0.717, 1.165) is 10.6 Å². The number of hydrogen-bond acceptors (Lipinski definition) is 4. The van der Waals surface area contributed by atoms with Crippen LogP contribution in [0.25, 0.3) is 0 Å². The molecule has 0 bridgehead atoms. The molecule has 0 saturated carbocycles. The van der Waals surface area contributed by atoms with Gasteiger partial charge >= 0.3 is 0 Å². The first-order valence-corrected chi connectivity index (χ1v) is 10.1. The summed E-state index contributed by atoms with van der Waals surface area (Å²) in [7, 11) is -2.41. The number of rotatable bonds is 6. The maximum atomic E-state index is 12.7. The molecule has 0 aliphatic carbocycles. The van der Waals surface area contributed by atoms with Crippen molar-refractivity contribution in [1.82, 2.24) is 0 Å². The average Bonchev–Trinajstić information content (AvgIpc) is 2.56. The lowest BCUT2D eigenvalue weighted by Crippen LogP contribution is -2.45. The SMILES string of the molecule is COc1ccc(Cl)cc1N([C@@H](C)C(=O)Nc1ccccc1Cl)S(C)(=O)=O. The molecule has 0 aliphatic heterocycles. The van der Waals surface area contributed by atoms with Crippen LogP contribution in [-0.2, 0) is 14.8 Å². The van der Waals surface area contributed by atoms with E-state index in [1.165, 1.54) is 26.2 Å². The zero-order valence-electron chi connectivity index (χ0n) is 14.4. The van der Waals surface area contributed by atoms with Gasteiger partial charge in [0.2, 0.25) is 15.9 Å². The minimum Gasteiger partial charge on any atom is -0.495 e. The second-order valence-corrected chi connectivity index (χ2v) is 8.22. The van der Waals surface area contributed by atoms with Gasteiger partial charge in [0.1, 0.15) is 11.8 Å². The van der Waals surface area contributed by atoms with E-state index < -0.39 is 22.0 Å². The lowest BCUT2D eigenvalue weighted by Gasteiger charge is -2.29. The largest absolute Gasteiger partial charge is 0.495 e. The molecule has 9 heteroatoms. The van der Waals surface area contributed by atoms with E-state index >= 15 is 0 Å². The van der Waals surface area contributed by atoms with E-state index in [-0.39, 0.29) is 11.4 Å². The van der Waals surface area contributed by atoms with Crippen LogP contribution in [-0.4, -0.2) is 33.7 Å². The molecule has 0 heterocycles. The molecule has 0 radical (unpaired) electrons. The second kappa shape index (κ2) is 8.16. The normalized spacial score (nSPS) is 12.3. The van der Waals surface area contributed by atoms with Crippen molar-refractivity contribution in [2.24, 2.45) is 0 Å². The Labute approximate surface area is 162 Å². The van der Waals surface area contributed by atoms with Gasteiger partial charge in [0, 0.05) is 5.02 Å². The predicted octanol–water partition coefficient (Wildman–Crippen LogP) is 3.80. The number of anilines is 2.